The normalized spacial score (nSPS) is 12.0. The molecule has 0 unspecified atom stereocenters. The Kier molecular flexibility index (Phi) is 6.09. The van der Waals surface area contributed by atoms with E-state index in [4.69, 9.17) is 19.4 Å². The summed E-state index contributed by atoms with van der Waals surface area (Å²) in [6.45, 7) is 9.05. The lowest BCUT2D eigenvalue weighted by molar-refractivity contribution is 0.669. The molecule has 0 aliphatic heterocycles. The highest BCUT2D eigenvalue weighted by molar-refractivity contribution is 6.09. The third-order valence-corrected chi connectivity index (χ3v) is 8.56. The van der Waals surface area contributed by atoms with Crippen LogP contribution in [-0.2, 0) is 0 Å². The summed E-state index contributed by atoms with van der Waals surface area (Å²) in [6.07, 6.45) is 0. The molecule has 5 nitrogen and oxygen atoms in total. The van der Waals surface area contributed by atoms with Crippen molar-refractivity contribution in [3.05, 3.63) is 120 Å². The Labute approximate surface area is 255 Å². The van der Waals surface area contributed by atoms with Crippen LogP contribution < -0.4 is 0 Å². The molecule has 0 aliphatic rings. The van der Waals surface area contributed by atoms with E-state index in [0.717, 1.165) is 55.7 Å². The number of fused-ring (bicyclic) bond motifs is 5. The molecule has 0 atom stereocenters. The van der Waals surface area contributed by atoms with Crippen LogP contribution in [0.2, 0.25) is 0 Å². The number of imidazole rings is 1. The molecule has 0 radical (unpaired) electrons. The van der Waals surface area contributed by atoms with Gasteiger partial charge in [0.2, 0.25) is 0 Å². The van der Waals surface area contributed by atoms with Crippen molar-refractivity contribution >= 4 is 44.3 Å². The molecule has 0 amide bonds. The SMILES string of the molecule is CC(C)c1cc(-c2ccccc2)cc(C(C)C)c1-n1c(-c2cccc3c2oc2ccccc23)nc2nc3ccccc3nc21. The van der Waals surface area contributed by atoms with Crippen LogP contribution in [0, 0.1) is 0 Å². The predicted molar refractivity (Wildman–Crippen MR) is 180 cm³/mol. The van der Waals surface area contributed by atoms with Gasteiger partial charge in [-0.15, -0.1) is 0 Å². The Bertz CT molecular complexity index is 2320. The van der Waals surface area contributed by atoms with Crippen LogP contribution in [0.25, 0.3) is 72.5 Å². The van der Waals surface area contributed by atoms with Crippen LogP contribution in [0.4, 0.5) is 0 Å². The van der Waals surface area contributed by atoms with E-state index in [0.29, 0.717) is 5.65 Å². The fourth-order valence-corrected chi connectivity index (χ4v) is 6.39. The molecular formula is C39H32N4O. The Morgan fingerprint density at radius 1 is 0.591 bits per heavy atom. The summed E-state index contributed by atoms with van der Waals surface area (Å²) in [6, 6.07) is 37.8. The van der Waals surface area contributed by atoms with E-state index < -0.39 is 0 Å². The van der Waals surface area contributed by atoms with E-state index in [-0.39, 0.29) is 11.8 Å². The quantitative estimate of drug-likeness (QED) is 0.206. The number of hydrogen-bond acceptors (Lipinski definition) is 4. The molecule has 0 bridgehead atoms. The zero-order chi connectivity index (χ0) is 29.9. The number of para-hydroxylation sites is 4. The molecule has 0 N–H and O–H groups in total. The molecule has 0 saturated carbocycles. The van der Waals surface area contributed by atoms with Crippen LogP contribution >= 0.6 is 0 Å². The number of rotatable bonds is 5. The summed E-state index contributed by atoms with van der Waals surface area (Å²) >= 11 is 0. The van der Waals surface area contributed by atoms with Gasteiger partial charge in [0.15, 0.2) is 17.1 Å². The van der Waals surface area contributed by atoms with Crippen LogP contribution in [0.15, 0.2) is 114 Å². The molecular weight excluding hydrogens is 540 g/mol. The van der Waals surface area contributed by atoms with Crippen molar-refractivity contribution in [1.29, 1.82) is 0 Å². The molecule has 0 saturated heterocycles. The van der Waals surface area contributed by atoms with Crippen molar-refractivity contribution in [3.63, 3.8) is 0 Å². The molecule has 8 aromatic rings. The second-order valence-electron chi connectivity index (χ2n) is 12.1. The highest BCUT2D eigenvalue weighted by Crippen LogP contribution is 2.42. The van der Waals surface area contributed by atoms with Gasteiger partial charge >= 0.3 is 0 Å². The molecule has 3 aromatic heterocycles. The first kappa shape index (κ1) is 26.3. The lowest BCUT2D eigenvalue weighted by Crippen LogP contribution is -2.10. The predicted octanol–water partition coefficient (Wildman–Crippen LogP) is 10.4. The minimum Gasteiger partial charge on any atom is -0.455 e. The van der Waals surface area contributed by atoms with E-state index in [2.05, 4.69) is 105 Å². The molecule has 8 rings (SSSR count). The Balaban J connectivity index is 1.52. The first-order valence-corrected chi connectivity index (χ1v) is 15.3. The fraction of sp³-hybridized carbons (Fsp3) is 0.154. The van der Waals surface area contributed by atoms with Gasteiger partial charge in [0.25, 0.3) is 0 Å². The minimum absolute atomic E-state index is 0.242. The minimum atomic E-state index is 0.242. The molecule has 44 heavy (non-hydrogen) atoms. The number of nitrogens with zero attached hydrogens (tertiary/aromatic N) is 4. The lowest BCUT2D eigenvalue weighted by Gasteiger charge is -2.24. The Morgan fingerprint density at radius 2 is 1.23 bits per heavy atom. The summed E-state index contributed by atoms with van der Waals surface area (Å²) < 4.78 is 8.79. The van der Waals surface area contributed by atoms with Gasteiger partial charge in [-0.05, 0) is 70.5 Å². The van der Waals surface area contributed by atoms with E-state index in [1.54, 1.807) is 0 Å². The average molecular weight is 573 g/mol. The molecule has 0 fully saturated rings. The largest absolute Gasteiger partial charge is 0.455 e. The molecule has 0 aliphatic carbocycles. The van der Waals surface area contributed by atoms with Crippen LogP contribution in [0.1, 0.15) is 50.7 Å². The monoisotopic (exact) mass is 572 g/mol. The summed E-state index contributed by atoms with van der Waals surface area (Å²) in [5, 5.41) is 2.15. The van der Waals surface area contributed by atoms with Gasteiger partial charge in [0, 0.05) is 10.8 Å². The number of benzene rings is 5. The van der Waals surface area contributed by atoms with Gasteiger partial charge in [-0.25, -0.2) is 15.0 Å². The topological polar surface area (TPSA) is 56.7 Å². The molecule has 0 spiro atoms. The first-order chi connectivity index (χ1) is 21.5. The third kappa shape index (κ3) is 4.11. The van der Waals surface area contributed by atoms with Gasteiger partial charge in [0.05, 0.1) is 22.3 Å². The molecule has 214 valence electrons. The van der Waals surface area contributed by atoms with Gasteiger partial charge in [-0.3, -0.25) is 4.57 Å². The second kappa shape index (κ2) is 10.2. The van der Waals surface area contributed by atoms with Crippen LogP contribution in [0.3, 0.4) is 0 Å². The molecule has 5 heteroatoms. The van der Waals surface area contributed by atoms with Crippen molar-refractivity contribution in [2.75, 3.05) is 0 Å². The van der Waals surface area contributed by atoms with Gasteiger partial charge < -0.3 is 4.42 Å². The first-order valence-electron chi connectivity index (χ1n) is 15.3. The summed E-state index contributed by atoms with van der Waals surface area (Å²) in [5.74, 6) is 1.26. The van der Waals surface area contributed by atoms with Crippen LogP contribution in [0.5, 0.6) is 0 Å². The lowest BCUT2D eigenvalue weighted by atomic mass is 9.88. The smallest absolute Gasteiger partial charge is 0.199 e. The van der Waals surface area contributed by atoms with Crippen molar-refractivity contribution in [1.82, 2.24) is 19.5 Å². The van der Waals surface area contributed by atoms with Gasteiger partial charge in [-0.2, -0.15) is 0 Å². The Morgan fingerprint density at radius 3 is 1.95 bits per heavy atom. The van der Waals surface area contributed by atoms with Crippen molar-refractivity contribution < 1.29 is 4.42 Å². The number of hydrogen-bond donors (Lipinski definition) is 0. The number of furan rings is 1. The second-order valence-corrected chi connectivity index (χ2v) is 12.1. The fourth-order valence-electron chi connectivity index (χ4n) is 6.39. The molecule has 3 heterocycles. The Hall–Kier alpha value is -5.29. The van der Waals surface area contributed by atoms with E-state index in [1.807, 2.05) is 36.4 Å². The van der Waals surface area contributed by atoms with Crippen molar-refractivity contribution in [2.45, 2.75) is 39.5 Å². The van der Waals surface area contributed by atoms with Crippen molar-refractivity contribution in [2.24, 2.45) is 0 Å². The van der Waals surface area contributed by atoms with Crippen molar-refractivity contribution in [3.8, 4) is 28.2 Å². The maximum absolute atomic E-state index is 6.54. The average Bonchev–Trinajstić information content (AvgIpc) is 3.61. The zero-order valence-electron chi connectivity index (χ0n) is 25.2. The maximum Gasteiger partial charge on any atom is 0.199 e. The molecule has 5 aromatic carbocycles. The highest BCUT2D eigenvalue weighted by Gasteiger charge is 2.26. The van der Waals surface area contributed by atoms with E-state index in [1.165, 1.54) is 22.3 Å². The van der Waals surface area contributed by atoms with E-state index >= 15 is 0 Å². The van der Waals surface area contributed by atoms with E-state index in [9.17, 15) is 0 Å². The van der Waals surface area contributed by atoms with Crippen LogP contribution in [-0.4, -0.2) is 19.5 Å². The zero-order valence-corrected chi connectivity index (χ0v) is 25.2. The summed E-state index contributed by atoms with van der Waals surface area (Å²) in [5.41, 5.74) is 11.6. The van der Waals surface area contributed by atoms with Gasteiger partial charge in [-0.1, -0.05) is 100 Å². The summed E-state index contributed by atoms with van der Waals surface area (Å²) in [7, 11) is 0. The van der Waals surface area contributed by atoms with Gasteiger partial charge in [0.1, 0.15) is 11.2 Å². The highest BCUT2D eigenvalue weighted by atomic mass is 16.3. The standard InChI is InChI=1S/C39H32N4O/c1-23(2)30-21-26(25-13-6-5-7-14-25)22-31(24(3)4)35(30)43-38(42-37-39(43)41-33-19-10-9-18-32(33)40-37)29-17-12-16-28-27-15-8-11-20-34(27)44-36(28)29/h5-24H,1-4H3. The number of aromatic nitrogens is 4. The maximum atomic E-state index is 6.54. The summed E-state index contributed by atoms with van der Waals surface area (Å²) in [4.78, 5) is 15.5. The third-order valence-electron chi connectivity index (χ3n) is 8.56.